The van der Waals surface area contributed by atoms with Gasteiger partial charge in [0.1, 0.15) is 5.69 Å². The van der Waals surface area contributed by atoms with Crippen LogP contribution in [0.1, 0.15) is 30.3 Å². The molecule has 2 unspecified atom stereocenters. The second kappa shape index (κ2) is 5.44. The average Bonchev–Trinajstić information content (AvgIpc) is 2.91. The summed E-state index contributed by atoms with van der Waals surface area (Å²) in [6, 6.07) is 0. The van der Waals surface area contributed by atoms with Gasteiger partial charge in [0.05, 0.1) is 6.10 Å². The second-order valence-electron chi connectivity index (χ2n) is 5.71. The number of aryl methyl sites for hydroxylation is 1. The van der Waals surface area contributed by atoms with Crippen LogP contribution in [0.25, 0.3) is 0 Å². The number of hydrogen-bond acceptors (Lipinski definition) is 4. The summed E-state index contributed by atoms with van der Waals surface area (Å²) in [6.45, 7) is 5.48. The van der Waals surface area contributed by atoms with Crippen molar-refractivity contribution in [3.63, 3.8) is 0 Å². The van der Waals surface area contributed by atoms with E-state index in [1.165, 1.54) is 0 Å². The minimum atomic E-state index is 0.0163. The summed E-state index contributed by atoms with van der Waals surface area (Å²) in [6.07, 6.45) is 4.05. The number of amides is 1. The normalized spacial score (nSPS) is 26.0. The Balaban J connectivity index is 1.73. The summed E-state index contributed by atoms with van der Waals surface area (Å²) in [5.41, 5.74) is 0.541. The fourth-order valence-corrected chi connectivity index (χ4v) is 2.97. The maximum atomic E-state index is 12.6. The van der Waals surface area contributed by atoms with Gasteiger partial charge in [0.25, 0.3) is 5.91 Å². The summed E-state index contributed by atoms with van der Waals surface area (Å²) in [7, 11) is 1.72. The number of fused-ring (bicyclic) bond motifs is 1. The first-order valence-corrected chi connectivity index (χ1v) is 7.32. The van der Waals surface area contributed by atoms with E-state index in [0.717, 1.165) is 38.4 Å². The molecule has 0 saturated carbocycles. The Kier molecular flexibility index (Phi) is 3.65. The highest BCUT2D eigenvalue weighted by Gasteiger charge is 2.30. The number of anilines is 1. The number of nitrogens with zero attached hydrogens (tertiary/aromatic N) is 3. The van der Waals surface area contributed by atoms with Crippen LogP contribution < -0.4 is 5.32 Å². The molecule has 0 aliphatic carbocycles. The predicted octanol–water partition coefficient (Wildman–Crippen LogP) is 1.20. The summed E-state index contributed by atoms with van der Waals surface area (Å²) in [4.78, 5) is 18.8. The molecule has 1 amide bonds. The van der Waals surface area contributed by atoms with E-state index in [-0.39, 0.29) is 12.0 Å². The zero-order valence-corrected chi connectivity index (χ0v) is 12.1. The van der Waals surface area contributed by atoms with Crippen molar-refractivity contribution in [3.05, 3.63) is 11.9 Å². The molecule has 1 aromatic rings. The highest BCUT2D eigenvalue weighted by atomic mass is 16.5. The molecule has 2 aliphatic heterocycles. The van der Waals surface area contributed by atoms with Crippen LogP contribution in [-0.4, -0.2) is 53.2 Å². The molecule has 0 radical (unpaired) electrons. The molecule has 6 heteroatoms. The van der Waals surface area contributed by atoms with Crippen molar-refractivity contribution >= 4 is 11.9 Å². The van der Waals surface area contributed by atoms with Crippen LogP contribution in [0.2, 0.25) is 0 Å². The number of likely N-dealkylation sites (tertiary alicyclic amines) is 1. The molecule has 2 atom stereocenters. The average molecular weight is 278 g/mol. The molecule has 1 fully saturated rings. The van der Waals surface area contributed by atoms with Crippen LogP contribution in [0.5, 0.6) is 0 Å². The fraction of sp³-hybridized carbons (Fsp3) is 0.714. The number of imidazole rings is 1. The molecular weight excluding hydrogens is 256 g/mol. The van der Waals surface area contributed by atoms with Gasteiger partial charge in [-0.2, -0.15) is 0 Å². The van der Waals surface area contributed by atoms with Gasteiger partial charge in [-0.25, -0.2) is 4.98 Å². The first-order valence-electron chi connectivity index (χ1n) is 7.32. The zero-order chi connectivity index (χ0) is 14.1. The van der Waals surface area contributed by atoms with Crippen molar-refractivity contribution in [2.45, 2.75) is 32.4 Å². The van der Waals surface area contributed by atoms with Gasteiger partial charge >= 0.3 is 0 Å². The number of piperidine rings is 1. The summed E-state index contributed by atoms with van der Waals surface area (Å²) in [5, 5.41) is 3.22. The lowest BCUT2D eigenvalue weighted by Gasteiger charge is -2.35. The molecule has 0 spiro atoms. The number of methoxy groups -OCH3 is 1. The van der Waals surface area contributed by atoms with E-state index in [4.69, 9.17) is 4.74 Å². The number of carbonyl (C=O) groups excluding carboxylic acids is 1. The quantitative estimate of drug-likeness (QED) is 0.883. The third kappa shape index (κ3) is 2.40. The van der Waals surface area contributed by atoms with E-state index in [9.17, 15) is 4.79 Å². The van der Waals surface area contributed by atoms with Crippen molar-refractivity contribution in [3.8, 4) is 0 Å². The van der Waals surface area contributed by atoms with Crippen molar-refractivity contribution in [1.29, 1.82) is 0 Å². The lowest BCUT2D eigenvalue weighted by Crippen LogP contribution is -2.46. The monoisotopic (exact) mass is 278 g/mol. The molecule has 0 bridgehead atoms. The van der Waals surface area contributed by atoms with Gasteiger partial charge in [0, 0.05) is 39.5 Å². The van der Waals surface area contributed by atoms with E-state index >= 15 is 0 Å². The van der Waals surface area contributed by atoms with E-state index < -0.39 is 0 Å². The number of hydrogen-bond donors (Lipinski definition) is 1. The summed E-state index contributed by atoms with van der Waals surface area (Å²) >= 11 is 0. The maximum absolute atomic E-state index is 12.6. The lowest BCUT2D eigenvalue weighted by molar-refractivity contribution is -0.00175. The van der Waals surface area contributed by atoms with Gasteiger partial charge < -0.3 is 19.5 Å². The molecule has 20 heavy (non-hydrogen) atoms. The Hall–Kier alpha value is -1.56. The molecule has 1 saturated heterocycles. The molecule has 3 heterocycles. The van der Waals surface area contributed by atoms with Crippen molar-refractivity contribution in [2.75, 3.05) is 32.1 Å². The molecule has 1 N–H and O–H groups in total. The Morgan fingerprint density at radius 2 is 2.35 bits per heavy atom. The Morgan fingerprint density at radius 3 is 3.10 bits per heavy atom. The third-order valence-corrected chi connectivity index (χ3v) is 4.33. The number of aromatic nitrogens is 2. The number of rotatable bonds is 2. The van der Waals surface area contributed by atoms with Gasteiger partial charge in [0.2, 0.25) is 5.95 Å². The minimum Gasteiger partial charge on any atom is -0.379 e. The Labute approximate surface area is 119 Å². The van der Waals surface area contributed by atoms with Crippen LogP contribution in [-0.2, 0) is 11.3 Å². The molecule has 110 valence electrons. The molecule has 2 aliphatic rings. The van der Waals surface area contributed by atoms with Crippen LogP contribution in [0.4, 0.5) is 5.95 Å². The standard InChI is InChI=1S/C14H22N4O2/c1-10-4-7-17(9-12(10)20-2)13(19)11-8-18-6-3-5-15-14(18)16-11/h8,10,12H,3-7,9H2,1-2H3,(H,15,16). The highest BCUT2D eigenvalue weighted by molar-refractivity contribution is 5.92. The van der Waals surface area contributed by atoms with E-state index in [1.54, 1.807) is 7.11 Å². The molecular formula is C14H22N4O2. The highest BCUT2D eigenvalue weighted by Crippen LogP contribution is 2.22. The van der Waals surface area contributed by atoms with Gasteiger partial charge in [-0.3, -0.25) is 4.79 Å². The summed E-state index contributed by atoms with van der Waals surface area (Å²) < 4.78 is 7.49. The van der Waals surface area contributed by atoms with Crippen LogP contribution in [0.3, 0.4) is 0 Å². The van der Waals surface area contributed by atoms with Crippen LogP contribution in [0, 0.1) is 5.92 Å². The molecule has 1 aromatic heterocycles. The number of nitrogens with one attached hydrogen (secondary N) is 1. The van der Waals surface area contributed by atoms with E-state index in [1.807, 2.05) is 15.7 Å². The fourth-order valence-electron chi connectivity index (χ4n) is 2.97. The van der Waals surface area contributed by atoms with Gasteiger partial charge in [-0.15, -0.1) is 0 Å². The van der Waals surface area contributed by atoms with Crippen molar-refractivity contribution in [2.24, 2.45) is 5.92 Å². The predicted molar refractivity (Wildman–Crippen MR) is 75.8 cm³/mol. The number of carbonyl (C=O) groups is 1. The SMILES string of the molecule is COC1CN(C(=O)c2cn3c(n2)NCCC3)CCC1C. The first kappa shape index (κ1) is 13.4. The third-order valence-electron chi connectivity index (χ3n) is 4.33. The van der Waals surface area contributed by atoms with Gasteiger partial charge in [0.15, 0.2) is 0 Å². The number of ether oxygens (including phenoxy) is 1. The minimum absolute atomic E-state index is 0.0163. The maximum Gasteiger partial charge on any atom is 0.274 e. The first-order chi connectivity index (χ1) is 9.69. The molecule has 6 nitrogen and oxygen atoms in total. The molecule has 0 aromatic carbocycles. The zero-order valence-electron chi connectivity index (χ0n) is 12.1. The lowest BCUT2D eigenvalue weighted by atomic mass is 9.95. The molecule has 3 rings (SSSR count). The summed E-state index contributed by atoms with van der Waals surface area (Å²) in [5.74, 6) is 1.33. The topological polar surface area (TPSA) is 59.4 Å². The largest absolute Gasteiger partial charge is 0.379 e. The smallest absolute Gasteiger partial charge is 0.274 e. The van der Waals surface area contributed by atoms with Crippen LogP contribution in [0.15, 0.2) is 6.20 Å². The second-order valence-corrected chi connectivity index (χ2v) is 5.71. The Morgan fingerprint density at radius 1 is 1.50 bits per heavy atom. The van der Waals surface area contributed by atoms with Gasteiger partial charge in [-0.05, 0) is 18.8 Å². The van der Waals surface area contributed by atoms with Crippen molar-refractivity contribution < 1.29 is 9.53 Å². The van der Waals surface area contributed by atoms with Crippen molar-refractivity contribution in [1.82, 2.24) is 14.5 Å². The van der Waals surface area contributed by atoms with E-state index in [0.29, 0.717) is 18.2 Å². The Bertz CT molecular complexity index is 476. The van der Waals surface area contributed by atoms with E-state index in [2.05, 4.69) is 17.2 Å². The van der Waals surface area contributed by atoms with Crippen LogP contribution >= 0.6 is 0 Å². The van der Waals surface area contributed by atoms with Gasteiger partial charge in [-0.1, -0.05) is 6.92 Å².